The molecule has 0 aliphatic heterocycles. The van der Waals surface area contributed by atoms with E-state index in [2.05, 4.69) is 0 Å². The van der Waals surface area contributed by atoms with Gasteiger partial charge in [-0.05, 0) is 30.7 Å². The van der Waals surface area contributed by atoms with E-state index in [1.54, 1.807) is 18.2 Å². The molecular weight excluding hydrogens is 264 g/mol. The van der Waals surface area contributed by atoms with Crippen LogP contribution in [0.2, 0.25) is 0 Å². The minimum atomic E-state index is -0.973. The van der Waals surface area contributed by atoms with E-state index in [1.807, 2.05) is 6.92 Å². The van der Waals surface area contributed by atoms with Crippen molar-refractivity contribution in [2.45, 2.75) is 13.3 Å². The predicted molar refractivity (Wildman–Crippen MR) is 73.1 cm³/mol. The molecule has 20 heavy (non-hydrogen) atoms. The van der Waals surface area contributed by atoms with Crippen molar-refractivity contribution >= 4 is 5.69 Å². The molecule has 2 aromatic rings. The zero-order valence-electron chi connectivity index (χ0n) is 11.0. The van der Waals surface area contributed by atoms with Crippen LogP contribution in [0.5, 0.6) is 17.2 Å². The van der Waals surface area contributed by atoms with Crippen LogP contribution in [0.1, 0.15) is 13.3 Å². The summed E-state index contributed by atoms with van der Waals surface area (Å²) in [6, 6.07) is 8.37. The van der Waals surface area contributed by atoms with Crippen LogP contribution in [-0.2, 0) is 0 Å². The first-order chi connectivity index (χ1) is 9.61. The van der Waals surface area contributed by atoms with Gasteiger partial charge in [-0.3, -0.25) is 0 Å². The fourth-order valence-electron chi connectivity index (χ4n) is 1.62. The molecule has 0 aliphatic carbocycles. The number of nitrogen functional groups attached to an aromatic ring is 1. The average molecular weight is 279 g/mol. The van der Waals surface area contributed by atoms with Gasteiger partial charge in [0.15, 0.2) is 17.4 Å². The number of para-hydroxylation sites is 1. The van der Waals surface area contributed by atoms with Crippen LogP contribution in [0.3, 0.4) is 0 Å². The Hall–Kier alpha value is -2.30. The summed E-state index contributed by atoms with van der Waals surface area (Å²) < 4.78 is 36.9. The van der Waals surface area contributed by atoms with Gasteiger partial charge in [-0.2, -0.15) is 0 Å². The molecule has 0 atom stereocenters. The van der Waals surface area contributed by atoms with Gasteiger partial charge in [0, 0.05) is 6.07 Å². The highest BCUT2D eigenvalue weighted by Gasteiger charge is 2.10. The lowest BCUT2D eigenvalue weighted by atomic mass is 10.2. The molecule has 2 N–H and O–H groups in total. The molecule has 0 bridgehead atoms. The van der Waals surface area contributed by atoms with Gasteiger partial charge in [0.05, 0.1) is 6.61 Å². The third kappa shape index (κ3) is 3.17. The van der Waals surface area contributed by atoms with Gasteiger partial charge in [-0.1, -0.05) is 13.0 Å². The Labute approximate surface area is 115 Å². The summed E-state index contributed by atoms with van der Waals surface area (Å²) in [7, 11) is 0. The Morgan fingerprint density at radius 1 is 1.05 bits per heavy atom. The number of halogens is 2. The Kier molecular flexibility index (Phi) is 4.40. The quantitative estimate of drug-likeness (QED) is 0.837. The second-order valence-corrected chi connectivity index (χ2v) is 4.19. The zero-order valence-corrected chi connectivity index (χ0v) is 11.0. The van der Waals surface area contributed by atoms with Crippen LogP contribution in [0.15, 0.2) is 36.4 Å². The fraction of sp³-hybridized carbons (Fsp3) is 0.200. The molecule has 0 unspecified atom stereocenters. The number of rotatable bonds is 5. The van der Waals surface area contributed by atoms with E-state index in [0.29, 0.717) is 23.8 Å². The van der Waals surface area contributed by atoms with E-state index in [-0.39, 0.29) is 5.75 Å². The normalized spacial score (nSPS) is 10.3. The average Bonchev–Trinajstić information content (AvgIpc) is 2.44. The molecule has 3 nitrogen and oxygen atoms in total. The Balaban J connectivity index is 2.22. The van der Waals surface area contributed by atoms with Crippen molar-refractivity contribution in [3.63, 3.8) is 0 Å². The van der Waals surface area contributed by atoms with Gasteiger partial charge in [-0.25, -0.2) is 8.78 Å². The highest BCUT2D eigenvalue weighted by molar-refractivity contribution is 5.63. The SMILES string of the molecule is CCCOc1cccc(Oc2ccc(F)c(F)c2)c1N. The molecule has 106 valence electrons. The number of nitrogens with two attached hydrogens (primary N) is 1. The molecule has 0 radical (unpaired) electrons. The number of hydrogen-bond acceptors (Lipinski definition) is 3. The van der Waals surface area contributed by atoms with Crippen molar-refractivity contribution in [2.75, 3.05) is 12.3 Å². The van der Waals surface area contributed by atoms with Crippen molar-refractivity contribution in [1.29, 1.82) is 0 Å². The topological polar surface area (TPSA) is 44.5 Å². The highest BCUT2D eigenvalue weighted by atomic mass is 19.2. The highest BCUT2D eigenvalue weighted by Crippen LogP contribution is 2.34. The van der Waals surface area contributed by atoms with E-state index >= 15 is 0 Å². The van der Waals surface area contributed by atoms with Gasteiger partial charge >= 0.3 is 0 Å². The Morgan fingerprint density at radius 3 is 2.50 bits per heavy atom. The molecule has 0 saturated heterocycles. The molecule has 2 rings (SSSR count). The molecule has 0 saturated carbocycles. The molecule has 0 spiro atoms. The second kappa shape index (κ2) is 6.23. The minimum Gasteiger partial charge on any atom is -0.491 e. The van der Waals surface area contributed by atoms with Gasteiger partial charge in [0.2, 0.25) is 0 Å². The molecule has 0 aromatic heterocycles. The van der Waals surface area contributed by atoms with E-state index in [1.165, 1.54) is 6.07 Å². The monoisotopic (exact) mass is 279 g/mol. The predicted octanol–water partition coefficient (Wildman–Crippen LogP) is 4.13. The van der Waals surface area contributed by atoms with Crippen LogP contribution in [0, 0.1) is 11.6 Å². The van der Waals surface area contributed by atoms with Gasteiger partial charge in [0.25, 0.3) is 0 Å². The maximum absolute atomic E-state index is 13.1. The summed E-state index contributed by atoms with van der Waals surface area (Å²) in [6.45, 7) is 2.52. The molecule has 5 heteroatoms. The van der Waals surface area contributed by atoms with Crippen LogP contribution < -0.4 is 15.2 Å². The summed E-state index contributed by atoms with van der Waals surface area (Å²) in [4.78, 5) is 0. The Bertz CT molecular complexity index is 602. The first-order valence-electron chi connectivity index (χ1n) is 6.26. The molecule has 0 fully saturated rings. The lowest BCUT2D eigenvalue weighted by Crippen LogP contribution is -2.00. The fourth-order valence-corrected chi connectivity index (χ4v) is 1.62. The summed E-state index contributed by atoms with van der Waals surface area (Å²) in [5, 5.41) is 0. The van der Waals surface area contributed by atoms with Crippen molar-refractivity contribution in [2.24, 2.45) is 0 Å². The summed E-state index contributed by atoms with van der Waals surface area (Å²) in [5.74, 6) is -0.885. The first-order valence-corrected chi connectivity index (χ1v) is 6.26. The smallest absolute Gasteiger partial charge is 0.162 e. The van der Waals surface area contributed by atoms with E-state index in [9.17, 15) is 8.78 Å². The summed E-state index contributed by atoms with van der Waals surface area (Å²) >= 11 is 0. The molecular formula is C15H15F2NO2. The lowest BCUT2D eigenvalue weighted by molar-refractivity contribution is 0.318. The second-order valence-electron chi connectivity index (χ2n) is 4.19. The molecule has 0 amide bonds. The van der Waals surface area contributed by atoms with E-state index in [0.717, 1.165) is 18.6 Å². The maximum atomic E-state index is 13.1. The number of ether oxygens (including phenoxy) is 2. The number of hydrogen-bond donors (Lipinski definition) is 1. The van der Waals surface area contributed by atoms with Gasteiger partial charge < -0.3 is 15.2 Å². The van der Waals surface area contributed by atoms with Crippen LogP contribution in [0.4, 0.5) is 14.5 Å². The number of benzene rings is 2. The van der Waals surface area contributed by atoms with E-state index in [4.69, 9.17) is 15.2 Å². The van der Waals surface area contributed by atoms with Crippen molar-refractivity contribution in [3.05, 3.63) is 48.0 Å². The van der Waals surface area contributed by atoms with Crippen LogP contribution >= 0.6 is 0 Å². The van der Waals surface area contributed by atoms with Gasteiger partial charge in [-0.15, -0.1) is 0 Å². The minimum absolute atomic E-state index is 0.170. The Morgan fingerprint density at radius 2 is 1.80 bits per heavy atom. The molecule has 0 aliphatic rings. The molecule has 2 aromatic carbocycles. The van der Waals surface area contributed by atoms with Crippen molar-refractivity contribution < 1.29 is 18.3 Å². The maximum Gasteiger partial charge on any atom is 0.162 e. The third-order valence-corrected chi connectivity index (χ3v) is 2.61. The zero-order chi connectivity index (χ0) is 14.5. The van der Waals surface area contributed by atoms with E-state index < -0.39 is 11.6 Å². The van der Waals surface area contributed by atoms with Crippen LogP contribution in [-0.4, -0.2) is 6.61 Å². The lowest BCUT2D eigenvalue weighted by Gasteiger charge is -2.12. The summed E-state index contributed by atoms with van der Waals surface area (Å²) in [5.41, 5.74) is 6.25. The molecule has 0 heterocycles. The van der Waals surface area contributed by atoms with Gasteiger partial charge in [0.1, 0.15) is 17.2 Å². The third-order valence-electron chi connectivity index (χ3n) is 2.61. The van der Waals surface area contributed by atoms with Crippen molar-refractivity contribution in [1.82, 2.24) is 0 Å². The van der Waals surface area contributed by atoms with Crippen LogP contribution in [0.25, 0.3) is 0 Å². The first kappa shape index (κ1) is 14.1. The van der Waals surface area contributed by atoms with Crippen molar-refractivity contribution in [3.8, 4) is 17.2 Å². The standard InChI is InChI=1S/C15H15F2NO2/c1-2-8-19-13-4-3-5-14(15(13)18)20-10-6-7-11(16)12(17)9-10/h3-7,9H,2,8,18H2,1H3. The number of anilines is 1. The summed E-state index contributed by atoms with van der Waals surface area (Å²) in [6.07, 6.45) is 0.855. The largest absolute Gasteiger partial charge is 0.491 e.